The average molecular weight is 320 g/mol. The molecule has 1 saturated carbocycles. The van der Waals surface area contributed by atoms with Crippen molar-refractivity contribution in [2.24, 2.45) is 11.3 Å². The maximum atomic E-state index is 12.2. The van der Waals surface area contributed by atoms with Crippen molar-refractivity contribution in [3.8, 4) is 0 Å². The number of nitrogens with one attached hydrogen (secondary N) is 2. The van der Waals surface area contributed by atoms with E-state index >= 15 is 0 Å². The van der Waals surface area contributed by atoms with Crippen molar-refractivity contribution < 1.29 is 9.90 Å². The number of aryl methyl sites for hydroxylation is 1. The minimum Gasteiger partial charge on any atom is -0.391 e. The number of amides is 1. The molecule has 23 heavy (non-hydrogen) atoms. The van der Waals surface area contributed by atoms with Crippen LogP contribution in [0.2, 0.25) is 0 Å². The minimum atomic E-state index is -0.433. The molecule has 1 aromatic heterocycles. The highest BCUT2D eigenvalue weighted by Gasteiger charge is 2.58. The molecule has 1 saturated heterocycles. The van der Waals surface area contributed by atoms with E-state index in [1.807, 2.05) is 0 Å². The number of hydrogen-bond donors (Lipinski definition) is 3. The van der Waals surface area contributed by atoms with Gasteiger partial charge in [-0.25, -0.2) is 4.98 Å². The number of imidazole rings is 1. The average Bonchev–Trinajstić information content (AvgIpc) is 3.05. The number of likely N-dealkylation sites (tertiary alicyclic amines) is 1. The van der Waals surface area contributed by atoms with Gasteiger partial charge in [-0.1, -0.05) is 13.8 Å². The molecule has 1 amide bonds. The third kappa shape index (κ3) is 3.15. The Bertz CT molecular complexity index is 540. The normalized spacial score (nSPS) is 34.0. The summed E-state index contributed by atoms with van der Waals surface area (Å²) in [5.41, 5.74) is 0.168. The van der Waals surface area contributed by atoms with Crippen LogP contribution < -0.4 is 5.32 Å². The Hall–Kier alpha value is -1.40. The van der Waals surface area contributed by atoms with Crippen LogP contribution in [-0.4, -0.2) is 57.7 Å². The molecule has 6 nitrogen and oxygen atoms in total. The predicted octanol–water partition coefficient (Wildman–Crippen LogP) is 0.938. The number of hydrogen-bond acceptors (Lipinski definition) is 4. The first kappa shape index (κ1) is 16.5. The van der Waals surface area contributed by atoms with Gasteiger partial charge >= 0.3 is 0 Å². The van der Waals surface area contributed by atoms with Crippen LogP contribution in [0.25, 0.3) is 0 Å². The monoisotopic (exact) mass is 320 g/mol. The largest absolute Gasteiger partial charge is 0.391 e. The van der Waals surface area contributed by atoms with Crippen LogP contribution in [0.4, 0.5) is 0 Å². The first-order valence-corrected chi connectivity index (χ1v) is 8.57. The van der Waals surface area contributed by atoms with Crippen LogP contribution >= 0.6 is 0 Å². The Morgan fingerprint density at radius 3 is 2.96 bits per heavy atom. The van der Waals surface area contributed by atoms with Crippen LogP contribution in [0.1, 0.15) is 38.9 Å². The van der Waals surface area contributed by atoms with Crippen LogP contribution in [0, 0.1) is 11.3 Å². The number of H-pyrrole nitrogens is 1. The fourth-order valence-electron chi connectivity index (χ4n) is 4.94. The standard InChI is InChI=1S/C17H28N4O2/c1-11(2)16-17(10-21(16)3)8-12(13(22)9-17)20-15(23)5-4-14-18-6-7-19-14/h6-7,11-13,16,22H,4-5,8-10H2,1-3H3,(H,18,19)(H,20,23)/t12-,13-,16?,17?/m1/s1. The Morgan fingerprint density at radius 1 is 1.57 bits per heavy atom. The minimum absolute atomic E-state index is 0.00345. The van der Waals surface area contributed by atoms with Crippen LogP contribution in [0.5, 0.6) is 0 Å². The molecular weight excluding hydrogens is 292 g/mol. The summed E-state index contributed by atoms with van der Waals surface area (Å²) >= 11 is 0. The van der Waals surface area contributed by atoms with Gasteiger partial charge in [0.2, 0.25) is 5.91 Å². The lowest BCUT2D eigenvalue weighted by Gasteiger charge is -2.57. The third-order valence-corrected chi connectivity index (χ3v) is 5.49. The van der Waals surface area contributed by atoms with Crippen molar-refractivity contribution in [1.82, 2.24) is 20.2 Å². The molecule has 2 aliphatic rings. The fourth-order valence-corrected chi connectivity index (χ4v) is 4.94. The number of aromatic nitrogens is 2. The molecule has 2 heterocycles. The maximum Gasteiger partial charge on any atom is 0.220 e. The molecule has 0 bridgehead atoms. The van der Waals surface area contributed by atoms with Crippen molar-refractivity contribution in [1.29, 1.82) is 0 Å². The number of nitrogens with zero attached hydrogens (tertiary/aromatic N) is 2. The van der Waals surface area contributed by atoms with E-state index in [4.69, 9.17) is 0 Å². The van der Waals surface area contributed by atoms with Crippen molar-refractivity contribution in [2.75, 3.05) is 13.6 Å². The molecule has 1 aliphatic heterocycles. The van der Waals surface area contributed by atoms with Gasteiger partial charge in [-0.2, -0.15) is 0 Å². The van der Waals surface area contributed by atoms with Gasteiger partial charge in [0.05, 0.1) is 12.1 Å². The van der Waals surface area contributed by atoms with Gasteiger partial charge in [0.15, 0.2) is 0 Å². The quantitative estimate of drug-likeness (QED) is 0.754. The van der Waals surface area contributed by atoms with E-state index in [9.17, 15) is 9.90 Å². The molecule has 2 fully saturated rings. The summed E-state index contributed by atoms with van der Waals surface area (Å²) in [6.45, 7) is 5.50. The zero-order valence-electron chi connectivity index (χ0n) is 14.2. The number of aliphatic hydroxyl groups excluding tert-OH is 1. The summed E-state index contributed by atoms with van der Waals surface area (Å²) in [7, 11) is 2.15. The molecule has 1 aliphatic carbocycles. The van der Waals surface area contributed by atoms with E-state index < -0.39 is 6.10 Å². The van der Waals surface area contributed by atoms with Crippen LogP contribution in [0.3, 0.4) is 0 Å². The Morgan fingerprint density at radius 2 is 2.35 bits per heavy atom. The summed E-state index contributed by atoms with van der Waals surface area (Å²) < 4.78 is 0. The molecule has 0 radical (unpaired) electrons. The summed E-state index contributed by atoms with van der Waals surface area (Å²) in [5.74, 6) is 1.38. The molecule has 1 aromatic rings. The van der Waals surface area contributed by atoms with Gasteiger partial charge in [0.1, 0.15) is 5.82 Å². The van der Waals surface area contributed by atoms with Crippen LogP contribution in [0.15, 0.2) is 12.4 Å². The zero-order valence-corrected chi connectivity index (χ0v) is 14.2. The van der Waals surface area contributed by atoms with E-state index in [1.165, 1.54) is 0 Å². The second-order valence-electron chi connectivity index (χ2n) is 7.65. The Labute approximate surface area is 137 Å². The van der Waals surface area contributed by atoms with Gasteiger partial charge in [-0.15, -0.1) is 0 Å². The Kier molecular flexibility index (Phi) is 4.47. The van der Waals surface area contributed by atoms with E-state index in [1.54, 1.807) is 12.4 Å². The van der Waals surface area contributed by atoms with Gasteiger partial charge in [0, 0.05) is 43.2 Å². The number of aromatic amines is 1. The lowest BCUT2D eigenvalue weighted by Crippen LogP contribution is -2.64. The maximum absolute atomic E-state index is 12.2. The molecule has 2 unspecified atom stereocenters. The van der Waals surface area contributed by atoms with E-state index in [-0.39, 0.29) is 17.4 Å². The highest BCUT2D eigenvalue weighted by atomic mass is 16.3. The molecule has 6 heteroatoms. The summed E-state index contributed by atoms with van der Waals surface area (Å²) in [5, 5.41) is 13.5. The molecule has 1 spiro atoms. The van der Waals surface area contributed by atoms with Crippen molar-refractivity contribution in [2.45, 2.75) is 57.7 Å². The predicted molar refractivity (Wildman–Crippen MR) is 87.8 cm³/mol. The van der Waals surface area contributed by atoms with Gasteiger partial charge in [-0.05, 0) is 25.8 Å². The molecule has 0 aromatic carbocycles. The highest BCUT2D eigenvalue weighted by molar-refractivity contribution is 5.76. The first-order chi connectivity index (χ1) is 10.9. The van der Waals surface area contributed by atoms with E-state index in [0.29, 0.717) is 24.8 Å². The van der Waals surface area contributed by atoms with Crippen LogP contribution in [-0.2, 0) is 11.2 Å². The number of carbonyl (C=O) groups excluding carboxylic acids is 1. The molecular formula is C17H28N4O2. The lowest BCUT2D eigenvalue weighted by atomic mass is 9.66. The second kappa shape index (κ2) is 6.24. The summed E-state index contributed by atoms with van der Waals surface area (Å²) in [6, 6.07) is 0.385. The van der Waals surface area contributed by atoms with Crippen molar-refractivity contribution in [3.63, 3.8) is 0 Å². The SMILES string of the molecule is CC(C)C1N(C)CC12C[C@@H](O)[C@H](NC(=O)CCc1ncc[nH]1)C2. The zero-order chi connectivity index (χ0) is 16.6. The number of aliphatic hydroxyl groups is 1. The summed E-state index contributed by atoms with van der Waals surface area (Å²) in [6.07, 6.45) is 5.70. The molecule has 3 N–H and O–H groups in total. The molecule has 4 atom stereocenters. The topological polar surface area (TPSA) is 81.2 Å². The third-order valence-electron chi connectivity index (χ3n) is 5.49. The smallest absolute Gasteiger partial charge is 0.220 e. The van der Waals surface area contributed by atoms with Gasteiger partial charge in [0.25, 0.3) is 0 Å². The van der Waals surface area contributed by atoms with Gasteiger partial charge in [-0.3, -0.25) is 4.79 Å². The Balaban J connectivity index is 1.54. The highest BCUT2D eigenvalue weighted by Crippen LogP contribution is 2.52. The molecule has 3 rings (SSSR count). The van der Waals surface area contributed by atoms with Crippen molar-refractivity contribution in [3.05, 3.63) is 18.2 Å². The fraction of sp³-hybridized carbons (Fsp3) is 0.765. The van der Waals surface area contributed by atoms with Gasteiger partial charge < -0.3 is 20.3 Å². The van der Waals surface area contributed by atoms with E-state index in [2.05, 4.69) is 41.1 Å². The number of carbonyl (C=O) groups is 1. The number of rotatable bonds is 5. The summed E-state index contributed by atoms with van der Waals surface area (Å²) in [4.78, 5) is 21.7. The second-order valence-corrected chi connectivity index (χ2v) is 7.65. The molecule has 128 valence electrons. The lowest BCUT2D eigenvalue weighted by molar-refractivity contribution is -0.122. The first-order valence-electron chi connectivity index (χ1n) is 8.57. The van der Waals surface area contributed by atoms with Crippen molar-refractivity contribution >= 4 is 5.91 Å². The van der Waals surface area contributed by atoms with E-state index in [0.717, 1.165) is 25.2 Å².